The molecule has 3 aromatic rings. The van der Waals surface area contributed by atoms with Crippen molar-refractivity contribution in [1.29, 1.82) is 0 Å². The number of halogens is 1. The third-order valence-corrected chi connectivity index (χ3v) is 2.70. The molecule has 0 aliphatic heterocycles. The molecule has 1 atom stereocenters. The standard InChI is InChI=1S/2C6H6O.C6H7P.ClH.Cr/c3*7-6-4-2-1-3-5-6;;/h2*1-5,7H;1-5H,7H2;1H;. The van der Waals surface area contributed by atoms with Crippen molar-refractivity contribution in [3.05, 3.63) is 91.0 Å². The molecule has 0 bridgehead atoms. The second kappa shape index (κ2) is 15.4. The Labute approximate surface area is 157 Å². The van der Waals surface area contributed by atoms with Gasteiger partial charge in [0.25, 0.3) is 0 Å². The van der Waals surface area contributed by atoms with Crippen LogP contribution in [0.3, 0.4) is 0 Å². The molecule has 0 saturated heterocycles. The molecule has 2 nitrogen and oxygen atoms in total. The molecular weight excluding hydrogens is 367 g/mol. The van der Waals surface area contributed by atoms with Gasteiger partial charge >= 0.3 is 0 Å². The SMILES string of the molecule is Cl.Oc1ccccc1.Oc1ccccc1.Pc1ccccc1.[Cr]. The zero-order valence-electron chi connectivity index (χ0n) is 12.4. The van der Waals surface area contributed by atoms with Crippen molar-refractivity contribution >= 4 is 27.0 Å². The molecule has 3 aromatic carbocycles. The molecule has 0 heterocycles. The van der Waals surface area contributed by atoms with E-state index in [-0.39, 0.29) is 29.8 Å². The number of para-hydroxylation sites is 2. The Kier molecular flexibility index (Phi) is 15.9. The maximum absolute atomic E-state index is 8.63. The van der Waals surface area contributed by atoms with E-state index in [0.29, 0.717) is 11.5 Å². The van der Waals surface area contributed by atoms with E-state index in [0.717, 1.165) is 0 Å². The number of aromatic hydroxyl groups is 2. The summed E-state index contributed by atoms with van der Waals surface area (Å²) < 4.78 is 0. The van der Waals surface area contributed by atoms with Crippen LogP contribution < -0.4 is 5.30 Å². The van der Waals surface area contributed by atoms with Gasteiger partial charge in [-0.3, -0.25) is 0 Å². The molecule has 122 valence electrons. The van der Waals surface area contributed by atoms with Crippen LogP contribution in [0.1, 0.15) is 0 Å². The topological polar surface area (TPSA) is 40.5 Å². The van der Waals surface area contributed by atoms with Crippen LogP contribution >= 0.6 is 21.6 Å². The van der Waals surface area contributed by atoms with Crippen LogP contribution in [0.15, 0.2) is 91.0 Å². The largest absolute Gasteiger partial charge is 0.508 e. The molecule has 2 N–H and O–H groups in total. The van der Waals surface area contributed by atoms with E-state index in [9.17, 15) is 0 Å². The van der Waals surface area contributed by atoms with Gasteiger partial charge in [0.05, 0.1) is 0 Å². The minimum absolute atomic E-state index is 0. The average molecular weight is 387 g/mol. The van der Waals surface area contributed by atoms with Gasteiger partial charge in [-0.2, -0.15) is 0 Å². The van der Waals surface area contributed by atoms with E-state index >= 15 is 0 Å². The number of hydrogen-bond acceptors (Lipinski definition) is 2. The van der Waals surface area contributed by atoms with Gasteiger partial charge < -0.3 is 10.2 Å². The fourth-order valence-electron chi connectivity index (χ4n) is 1.31. The maximum Gasteiger partial charge on any atom is 0.115 e. The average Bonchev–Trinajstić information content (AvgIpc) is 2.51. The van der Waals surface area contributed by atoms with Gasteiger partial charge in [-0.1, -0.05) is 66.7 Å². The van der Waals surface area contributed by atoms with Gasteiger partial charge in [0, 0.05) is 17.4 Å². The first-order valence-electron chi connectivity index (χ1n) is 6.47. The predicted octanol–water partition coefficient (Wildman–Crippen LogP) is 4.39. The maximum atomic E-state index is 8.63. The Morgan fingerprint density at radius 3 is 0.913 bits per heavy atom. The van der Waals surface area contributed by atoms with Crippen molar-refractivity contribution in [2.24, 2.45) is 0 Å². The molecule has 0 spiro atoms. The van der Waals surface area contributed by atoms with Crippen LogP contribution in [-0.4, -0.2) is 10.2 Å². The van der Waals surface area contributed by atoms with E-state index in [2.05, 4.69) is 9.24 Å². The van der Waals surface area contributed by atoms with E-state index in [4.69, 9.17) is 10.2 Å². The zero-order chi connectivity index (χ0) is 15.3. The van der Waals surface area contributed by atoms with Crippen molar-refractivity contribution in [2.75, 3.05) is 0 Å². The van der Waals surface area contributed by atoms with Crippen LogP contribution in [0, 0.1) is 0 Å². The Morgan fingerprint density at radius 1 is 0.522 bits per heavy atom. The molecule has 0 aliphatic carbocycles. The molecule has 0 amide bonds. The Hall–Kier alpha value is -1.49. The van der Waals surface area contributed by atoms with Crippen LogP contribution in [-0.2, 0) is 17.4 Å². The summed E-state index contributed by atoms with van der Waals surface area (Å²) in [7, 11) is 2.63. The fourth-order valence-corrected chi connectivity index (χ4v) is 1.53. The summed E-state index contributed by atoms with van der Waals surface area (Å²) in [5.41, 5.74) is 0. The van der Waals surface area contributed by atoms with Gasteiger partial charge in [-0.05, 0) is 29.6 Å². The first-order valence-corrected chi connectivity index (χ1v) is 7.05. The minimum atomic E-state index is 0. The Morgan fingerprint density at radius 2 is 0.783 bits per heavy atom. The van der Waals surface area contributed by atoms with Crippen LogP contribution in [0.4, 0.5) is 0 Å². The molecule has 1 unspecified atom stereocenters. The molecule has 5 heteroatoms. The Balaban J connectivity index is 0. The predicted molar refractivity (Wildman–Crippen MR) is 99.2 cm³/mol. The molecule has 0 aromatic heterocycles. The summed E-state index contributed by atoms with van der Waals surface area (Å²) in [6, 6.07) is 27.6. The molecule has 0 radical (unpaired) electrons. The smallest absolute Gasteiger partial charge is 0.115 e. The summed E-state index contributed by atoms with van der Waals surface area (Å²) >= 11 is 0. The second-order valence-electron chi connectivity index (χ2n) is 4.08. The quantitative estimate of drug-likeness (QED) is 0.562. The zero-order valence-corrected chi connectivity index (χ0v) is 15.7. The van der Waals surface area contributed by atoms with E-state index in [1.807, 2.05) is 42.5 Å². The van der Waals surface area contributed by atoms with Crippen LogP contribution in [0.5, 0.6) is 11.5 Å². The van der Waals surface area contributed by atoms with Gasteiger partial charge in [0.2, 0.25) is 0 Å². The monoisotopic (exact) mass is 386 g/mol. The van der Waals surface area contributed by atoms with Gasteiger partial charge in [0.1, 0.15) is 11.5 Å². The summed E-state index contributed by atoms with van der Waals surface area (Å²) in [4.78, 5) is 0. The summed E-state index contributed by atoms with van der Waals surface area (Å²) in [6.45, 7) is 0. The second-order valence-corrected chi connectivity index (χ2v) is 4.75. The first kappa shape index (κ1) is 23.8. The molecule has 0 saturated carbocycles. The van der Waals surface area contributed by atoms with Gasteiger partial charge in [0.15, 0.2) is 0 Å². The van der Waals surface area contributed by atoms with Crippen molar-refractivity contribution in [3.63, 3.8) is 0 Å². The van der Waals surface area contributed by atoms with Gasteiger partial charge in [-0.25, -0.2) is 0 Å². The molecule has 3 rings (SSSR count). The number of hydrogen-bond donors (Lipinski definition) is 2. The first-order chi connectivity index (χ1) is 10.2. The minimum Gasteiger partial charge on any atom is -0.508 e. The molecule has 0 aliphatic rings. The summed E-state index contributed by atoms with van der Waals surface area (Å²) in [5, 5.41) is 18.5. The van der Waals surface area contributed by atoms with Gasteiger partial charge in [-0.15, -0.1) is 21.6 Å². The fraction of sp³-hybridized carbons (Fsp3) is 0. The van der Waals surface area contributed by atoms with Crippen molar-refractivity contribution in [1.82, 2.24) is 0 Å². The third-order valence-electron chi connectivity index (χ3n) is 2.31. The number of phenolic OH excluding ortho intramolecular Hbond substituents is 2. The van der Waals surface area contributed by atoms with E-state index < -0.39 is 0 Å². The van der Waals surface area contributed by atoms with Crippen LogP contribution in [0.2, 0.25) is 0 Å². The summed E-state index contributed by atoms with van der Waals surface area (Å²) in [5.74, 6) is 0.644. The van der Waals surface area contributed by atoms with Crippen molar-refractivity contribution in [2.45, 2.75) is 0 Å². The Bertz CT molecular complexity index is 506. The normalized spacial score (nSPS) is 7.87. The number of benzene rings is 3. The van der Waals surface area contributed by atoms with E-state index in [1.165, 1.54) is 5.30 Å². The number of rotatable bonds is 0. The van der Waals surface area contributed by atoms with Crippen LogP contribution in [0.25, 0.3) is 0 Å². The molecule has 23 heavy (non-hydrogen) atoms. The van der Waals surface area contributed by atoms with E-state index in [1.54, 1.807) is 48.5 Å². The third kappa shape index (κ3) is 13.9. The van der Waals surface area contributed by atoms with Crippen molar-refractivity contribution < 1.29 is 27.6 Å². The molecular formula is C18H20ClCrO2P. The molecule has 0 fully saturated rings. The number of phenols is 2. The van der Waals surface area contributed by atoms with Crippen molar-refractivity contribution in [3.8, 4) is 11.5 Å². The summed E-state index contributed by atoms with van der Waals surface area (Å²) in [6.07, 6.45) is 0.